The molecular formula is C22H16F2N2O3. The van der Waals surface area contributed by atoms with Gasteiger partial charge in [-0.2, -0.15) is 0 Å². The molecule has 1 heterocycles. The van der Waals surface area contributed by atoms with Crippen molar-refractivity contribution in [2.24, 2.45) is 0 Å². The third-order valence-electron chi connectivity index (χ3n) is 5.53. The summed E-state index contributed by atoms with van der Waals surface area (Å²) in [4.78, 5) is 12.4. The fraction of sp³-hybridized carbons (Fsp3) is 0.136. The number of aromatic nitrogens is 1. The Kier molecular flexibility index (Phi) is 3.74. The van der Waals surface area contributed by atoms with Gasteiger partial charge in [0.1, 0.15) is 11.6 Å². The molecule has 0 fully saturated rings. The smallest absolute Gasteiger partial charge is 0.255 e. The topological polar surface area (TPSA) is 74.5 Å². The van der Waals surface area contributed by atoms with Crippen LogP contribution in [0.4, 0.5) is 14.5 Å². The number of aromatic hydroxyl groups is 2. The lowest BCUT2D eigenvalue weighted by Gasteiger charge is -2.11. The van der Waals surface area contributed by atoms with Crippen molar-refractivity contribution in [1.29, 1.82) is 0 Å². The van der Waals surface area contributed by atoms with E-state index >= 15 is 0 Å². The Hall–Kier alpha value is -3.61. The van der Waals surface area contributed by atoms with E-state index in [2.05, 4.69) is 5.32 Å². The molecule has 146 valence electrons. The van der Waals surface area contributed by atoms with Crippen LogP contribution in [0.15, 0.2) is 54.6 Å². The Bertz CT molecular complexity index is 1130. The van der Waals surface area contributed by atoms with Crippen molar-refractivity contribution < 1.29 is 23.8 Å². The fourth-order valence-corrected chi connectivity index (χ4v) is 4.28. The average molecular weight is 394 g/mol. The van der Waals surface area contributed by atoms with Crippen LogP contribution in [-0.4, -0.2) is 20.7 Å². The van der Waals surface area contributed by atoms with Gasteiger partial charge in [-0.3, -0.25) is 9.36 Å². The molecule has 0 spiro atoms. The summed E-state index contributed by atoms with van der Waals surface area (Å²) in [5.41, 5.74) is 2.28. The van der Waals surface area contributed by atoms with Gasteiger partial charge in [0.15, 0.2) is 0 Å². The minimum Gasteiger partial charge on any atom is -0.494 e. The maximum Gasteiger partial charge on any atom is 0.255 e. The molecule has 1 aromatic heterocycles. The Morgan fingerprint density at radius 2 is 1.48 bits per heavy atom. The summed E-state index contributed by atoms with van der Waals surface area (Å²) >= 11 is 0. The van der Waals surface area contributed by atoms with E-state index in [4.69, 9.17) is 0 Å². The first-order chi connectivity index (χ1) is 13.9. The molecule has 29 heavy (non-hydrogen) atoms. The van der Waals surface area contributed by atoms with Crippen molar-refractivity contribution in [2.45, 2.75) is 18.3 Å². The normalized spacial score (nSPS) is 18.8. The number of rotatable bonds is 3. The number of allylic oxidation sites excluding steroid dienone is 2. The predicted molar refractivity (Wildman–Crippen MR) is 103 cm³/mol. The molecule has 7 heteroatoms. The molecule has 2 aliphatic carbocycles. The summed E-state index contributed by atoms with van der Waals surface area (Å²) in [6.07, 6.45) is 4.95. The van der Waals surface area contributed by atoms with Gasteiger partial charge in [-0.1, -0.05) is 12.2 Å². The van der Waals surface area contributed by atoms with Crippen molar-refractivity contribution in [3.05, 3.63) is 82.9 Å². The molecule has 0 aliphatic heterocycles. The van der Waals surface area contributed by atoms with Crippen LogP contribution in [0.1, 0.15) is 39.7 Å². The van der Waals surface area contributed by atoms with E-state index in [1.54, 1.807) is 12.1 Å². The number of nitrogens with one attached hydrogen (secondary N) is 1. The maximum atomic E-state index is 13.3. The third-order valence-corrected chi connectivity index (χ3v) is 5.53. The molecule has 0 saturated heterocycles. The van der Waals surface area contributed by atoms with Crippen LogP contribution in [-0.2, 0) is 0 Å². The molecule has 0 saturated carbocycles. The van der Waals surface area contributed by atoms with Gasteiger partial charge in [0.2, 0.25) is 11.8 Å². The summed E-state index contributed by atoms with van der Waals surface area (Å²) < 4.78 is 27.9. The summed E-state index contributed by atoms with van der Waals surface area (Å²) in [6.45, 7) is 0. The molecule has 2 bridgehead atoms. The highest BCUT2D eigenvalue weighted by molar-refractivity contribution is 6.04. The fourth-order valence-electron chi connectivity index (χ4n) is 4.28. The number of benzene rings is 2. The van der Waals surface area contributed by atoms with Gasteiger partial charge in [0.25, 0.3) is 5.91 Å². The Morgan fingerprint density at radius 1 is 0.931 bits per heavy atom. The van der Waals surface area contributed by atoms with Crippen LogP contribution in [0.5, 0.6) is 11.8 Å². The lowest BCUT2D eigenvalue weighted by atomic mass is 10.0. The molecule has 1 amide bonds. The average Bonchev–Trinajstić information content (AvgIpc) is 3.35. The Balaban J connectivity index is 1.42. The lowest BCUT2D eigenvalue weighted by molar-refractivity contribution is 0.102. The molecule has 5 nitrogen and oxygen atoms in total. The van der Waals surface area contributed by atoms with Gasteiger partial charge >= 0.3 is 0 Å². The van der Waals surface area contributed by atoms with Crippen LogP contribution >= 0.6 is 0 Å². The number of nitrogens with zero attached hydrogens (tertiary/aromatic N) is 1. The first kappa shape index (κ1) is 17.5. The number of hydrogen-bond acceptors (Lipinski definition) is 3. The number of fused-ring (bicyclic) bond motifs is 5. The summed E-state index contributed by atoms with van der Waals surface area (Å²) in [6, 6.07) is 8.97. The Morgan fingerprint density at radius 3 is 2.03 bits per heavy atom. The molecule has 3 N–H and O–H groups in total. The zero-order chi connectivity index (χ0) is 20.3. The van der Waals surface area contributed by atoms with Crippen LogP contribution in [0.25, 0.3) is 5.69 Å². The van der Waals surface area contributed by atoms with E-state index in [0.29, 0.717) is 5.69 Å². The number of hydrogen-bond donors (Lipinski definition) is 3. The van der Waals surface area contributed by atoms with E-state index in [1.807, 2.05) is 12.2 Å². The number of amides is 1. The molecule has 5 rings (SSSR count). The van der Waals surface area contributed by atoms with Gasteiger partial charge in [-0.25, -0.2) is 8.78 Å². The maximum absolute atomic E-state index is 13.3. The number of halogens is 2. The largest absolute Gasteiger partial charge is 0.494 e. The van der Waals surface area contributed by atoms with Gasteiger partial charge in [0.05, 0.1) is 5.69 Å². The zero-order valence-electron chi connectivity index (χ0n) is 15.1. The monoisotopic (exact) mass is 394 g/mol. The zero-order valence-corrected chi connectivity index (χ0v) is 15.1. The van der Waals surface area contributed by atoms with Crippen LogP contribution in [0, 0.1) is 11.6 Å². The second-order valence-electron chi connectivity index (χ2n) is 7.30. The van der Waals surface area contributed by atoms with E-state index in [1.165, 1.54) is 16.7 Å². The van der Waals surface area contributed by atoms with Crippen LogP contribution in [0.3, 0.4) is 0 Å². The van der Waals surface area contributed by atoms with Crippen LogP contribution in [0.2, 0.25) is 0 Å². The van der Waals surface area contributed by atoms with Crippen molar-refractivity contribution in [3.63, 3.8) is 0 Å². The van der Waals surface area contributed by atoms with Crippen molar-refractivity contribution in [2.75, 3.05) is 5.32 Å². The SMILES string of the molecule is O=C(Nc1cc(F)cc(F)c1)c1ccc(-n2c(O)c3c(c2O)[C@H]2C=C[C@@H]3C2)cc1. The van der Waals surface area contributed by atoms with E-state index < -0.39 is 17.5 Å². The summed E-state index contributed by atoms with van der Waals surface area (Å²) in [5.74, 6) is -1.88. The Labute approximate surface area is 164 Å². The first-order valence-corrected chi connectivity index (χ1v) is 9.15. The van der Waals surface area contributed by atoms with Gasteiger partial charge < -0.3 is 15.5 Å². The summed E-state index contributed by atoms with van der Waals surface area (Å²) in [5, 5.41) is 23.7. The first-order valence-electron chi connectivity index (χ1n) is 9.15. The van der Waals surface area contributed by atoms with Crippen molar-refractivity contribution in [1.82, 2.24) is 4.57 Å². The van der Waals surface area contributed by atoms with E-state index in [0.717, 1.165) is 35.7 Å². The van der Waals surface area contributed by atoms with Crippen molar-refractivity contribution in [3.8, 4) is 17.4 Å². The molecule has 0 radical (unpaired) electrons. The molecule has 2 aromatic carbocycles. The highest BCUT2D eigenvalue weighted by Crippen LogP contribution is 2.57. The molecule has 2 aliphatic rings. The minimum atomic E-state index is -0.786. The minimum absolute atomic E-state index is 0.00166. The van der Waals surface area contributed by atoms with Gasteiger partial charge in [0, 0.05) is 40.3 Å². The highest BCUT2D eigenvalue weighted by Gasteiger charge is 2.41. The number of carbonyl (C=O) groups excluding carboxylic acids is 1. The number of carbonyl (C=O) groups is 1. The molecule has 0 unspecified atom stereocenters. The van der Waals surface area contributed by atoms with E-state index in [-0.39, 0.29) is 34.8 Å². The van der Waals surface area contributed by atoms with E-state index in [9.17, 15) is 23.8 Å². The highest BCUT2D eigenvalue weighted by atomic mass is 19.1. The quantitative estimate of drug-likeness (QED) is 0.570. The molecule has 2 atom stereocenters. The summed E-state index contributed by atoms with van der Waals surface area (Å²) in [7, 11) is 0. The standard InChI is InChI=1S/C22H16F2N2O3/c23-14-8-15(24)10-16(9-14)25-20(27)11-3-5-17(6-4-11)26-21(28)18-12-1-2-13(7-12)19(18)22(26)29/h1-6,8-10,12-13,28-29H,7H2,(H,25,27)/t12-,13+. The van der Waals surface area contributed by atoms with Gasteiger partial charge in [-0.05, 0) is 42.8 Å². The lowest BCUT2D eigenvalue weighted by Crippen LogP contribution is -2.12. The van der Waals surface area contributed by atoms with Crippen molar-refractivity contribution >= 4 is 11.6 Å². The van der Waals surface area contributed by atoms with Crippen LogP contribution < -0.4 is 5.32 Å². The third kappa shape index (κ3) is 2.69. The molecular weight excluding hydrogens is 378 g/mol. The molecule has 3 aromatic rings. The predicted octanol–water partition coefficient (Wildman–Crippen LogP) is 4.56. The second-order valence-corrected chi connectivity index (χ2v) is 7.30. The number of anilines is 1. The second kappa shape index (κ2) is 6.20. The van der Waals surface area contributed by atoms with Gasteiger partial charge in [-0.15, -0.1) is 0 Å².